The van der Waals surface area contributed by atoms with E-state index in [4.69, 9.17) is 0 Å². The molecule has 1 aliphatic heterocycles. The number of hydrogen-bond acceptors (Lipinski definition) is 3. The normalized spacial score (nSPS) is 16.1. The predicted octanol–water partition coefficient (Wildman–Crippen LogP) is 1.89. The van der Waals surface area contributed by atoms with Crippen LogP contribution in [0.1, 0.15) is 24.8 Å². The van der Waals surface area contributed by atoms with E-state index in [1.807, 2.05) is 4.90 Å². The summed E-state index contributed by atoms with van der Waals surface area (Å²) in [5, 5.41) is 7.49. The molecule has 0 bridgehead atoms. The number of rotatable bonds is 5. The second-order valence-corrected chi connectivity index (χ2v) is 5.28. The predicted molar refractivity (Wildman–Crippen MR) is 71.3 cm³/mol. The fourth-order valence-electron chi connectivity index (χ4n) is 2.12. The van der Waals surface area contributed by atoms with Crippen molar-refractivity contribution in [2.45, 2.75) is 25.7 Å². The molecule has 1 N–H and O–H groups in total. The first-order valence-corrected chi connectivity index (χ1v) is 7.30. The third-order valence-corrected chi connectivity index (χ3v) is 3.89. The molecule has 1 aromatic rings. The average molecular weight is 252 g/mol. The first-order chi connectivity index (χ1) is 8.36. The highest BCUT2D eigenvalue weighted by Gasteiger charge is 2.15. The first-order valence-electron chi connectivity index (χ1n) is 6.36. The number of nitrogens with zero attached hydrogens (tertiary/aromatic N) is 1. The largest absolute Gasteiger partial charge is 0.342 e. The summed E-state index contributed by atoms with van der Waals surface area (Å²) in [7, 11) is 0. The minimum atomic E-state index is 0.259. The molecule has 1 aliphatic rings. The summed E-state index contributed by atoms with van der Waals surface area (Å²) in [5.41, 5.74) is 1.35. The standard InChI is InChI=1S/C13H20N2OS/c16-13(15-7-2-1-3-8-15)10-14-6-4-12-5-9-17-11-12/h5,9,11,14H,1-4,6-8,10H2. The van der Waals surface area contributed by atoms with Gasteiger partial charge in [-0.1, -0.05) is 0 Å². The van der Waals surface area contributed by atoms with E-state index in [0.29, 0.717) is 6.54 Å². The molecule has 1 fully saturated rings. The van der Waals surface area contributed by atoms with Gasteiger partial charge in [0.05, 0.1) is 6.54 Å². The number of carbonyl (C=O) groups excluding carboxylic acids is 1. The summed E-state index contributed by atoms with van der Waals surface area (Å²) in [5.74, 6) is 0.259. The zero-order valence-electron chi connectivity index (χ0n) is 10.2. The summed E-state index contributed by atoms with van der Waals surface area (Å²) in [6.45, 7) is 3.27. The fourth-order valence-corrected chi connectivity index (χ4v) is 2.82. The van der Waals surface area contributed by atoms with Crippen LogP contribution < -0.4 is 5.32 Å². The number of likely N-dealkylation sites (tertiary alicyclic amines) is 1. The van der Waals surface area contributed by atoms with E-state index in [0.717, 1.165) is 26.1 Å². The SMILES string of the molecule is O=C(CNCCc1ccsc1)N1CCCCC1. The molecule has 0 aliphatic carbocycles. The van der Waals surface area contributed by atoms with Crippen LogP contribution in [0, 0.1) is 0 Å². The summed E-state index contributed by atoms with van der Waals surface area (Å²) in [6.07, 6.45) is 4.62. The Morgan fingerprint density at radius 2 is 2.18 bits per heavy atom. The van der Waals surface area contributed by atoms with Gasteiger partial charge in [-0.15, -0.1) is 0 Å². The van der Waals surface area contributed by atoms with Crippen molar-refractivity contribution in [3.8, 4) is 0 Å². The monoisotopic (exact) mass is 252 g/mol. The summed E-state index contributed by atoms with van der Waals surface area (Å²) in [4.78, 5) is 13.8. The Hall–Kier alpha value is -0.870. The molecular formula is C13H20N2OS. The molecule has 0 aromatic carbocycles. The molecule has 3 nitrogen and oxygen atoms in total. The molecule has 94 valence electrons. The van der Waals surface area contributed by atoms with Gasteiger partial charge in [-0.2, -0.15) is 11.3 Å². The molecule has 0 spiro atoms. The zero-order chi connectivity index (χ0) is 11.9. The van der Waals surface area contributed by atoms with Crippen LogP contribution in [-0.4, -0.2) is 37.0 Å². The fraction of sp³-hybridized carbons (Fsp3) is 0.615. The van der Waals surface area contributed by atoms with Gasteiger partial charge in [0.1, 0.15) is 0 Å². The maximum atomic E-state index is 11.8. The van der Waals surface area contributed by atoms with Crippen LogP contribution in [0.3, 0.4) is 0 Å². The molecule has 1 aromatic heterocycles. The van der Waals surface area contributed by atoms with Crippen molar-refractivity contribution in [3.63, 3.8) is 0 Å². The lowest BCUT2D eigenvalue weighted by molar-refractivity contribution is -0.131. The van der Waals surface area contributed by atoms with Crippen molar-refractivity contribution in [2.24, 2.45) is 0 Å². The number of hydrogen-bond donors (Lipinski definition) is 1. The lowest BCUT2D eigenvalue weighted by Crippen LogP contribution is -2.41. The lowest BCUT2D eigenvalue weighted by Gasteiger charge is -2.26. The van der Waals surface area contributed by atoms with Gasteiger partial charge >= 0.3 is 0 Å². The first kappa shape index (κ1) is 12.6. The average Bonchev–Trinajstić information content (AvgIpc) is 2.88. The molecule has 17 heavy (non-hydrogen) atoms. The molecule has 0 atom stereocenters. The van der Waals surface area contributed by atoms with Gasteiger partial charge in [-0.05, 0) is 54.6 Å². The van der Waals surface area contributed by atoms with Crippen molar-refractivity contribution in [3.05, 3.63) is 22.4 Å². The Morgan fingerprint density at radius 3 is 2.88 bits per heavy atom. The Bertz CT molecular complexity index is 331. The molecule has 0 unspecified atom stereocenters. The Labute approximate surface area is 107 Å². The van der Waals surface area contributed by atoms with Gasteiger partial charge in [0.2, 0.25) is 5.91 Å². The minimum absolute atomic E-state index is 0.259. The smallest absolute Gasteiger partial charge is 0.236 e. The van der Waals surface area contributed by atoms with E-state index in [1.54, 1.807) is 11.3 Å². The topological polar surface area (TPSA) is 32.3 Å². The summed E-state index contributed by atoms with van der Waals surface area (Å²) < 4.78 is 0. The number of carbonyl (C=O) groups is 1. The van der Waals surface area contributed by atoms with Crippen molar-refractivity contribution in [1.29, 1.82) is 0 Å². The van der Waals surface area contributed by atoms with Crippen LogP contribution in [0.15, 0.2) is 16.8 Å². The van der Waals surface area contributed by atoms with Crippen molar-refractivity contribution >= 4 is 17.2 Å². The van der Waals surface area contributed by atoms with Crippen LogP contribution in [0.4, 0.5) is 0 Å². The van der Waals surface area contributed by atoms with E-state index >= 15 is 0 Å². The van der Waals surface area contributed by atoms with Crippen molar-refractivity contribution in [2.75, 3.05) is 26.2 Å². The van der Waals surface area contributed by atoms with Crippen LogP contribution in [0.5, 0.6) is 0 Å². The van der Waals surface area contributed by atoms with Gasteiger partial charge in [0.25, 0.3) is 0 Å². The highest BCUT2D eigenvalue weighted by atomic mass is 32.1. The lowest BCUT2D eigenvalue weighted by atomic mass is 10.1. The molecule has 1 saturated heterocycles. The van der Waals surface area contributed by atoms with E-state index in [-0.39, 0.29) is 5.91 Å². The molecule has 0 saturated carbocycles. The zero-order valence-corrected chi connectivity index (χ0v) is 11.0. The Morgan fingerprint density at radius 1 is 1.35 bits per heavy atom. The molecule has 1 amide bonds. The Balaban J connectivity index is 1.59. The number of nitrogens with one attached hydrogen (secondary N) is 1. The van der Waals surface area contributed by atoms with Gasteiger partial charge in [-0.3, -0.25) is 4.79 Å². The molecule has 2 rings (SSSR count). The molecule has 0 radical (unpaired) electrons. The van der Waals surface area contributed by atoms with Gasteiger partial charge in [0, 0.05) is 13.1 Å². The summed E-state index contributed by atoms with van der Waals surface area (Å²) in [6, 6.07) is 2.14. The van der Waals surface area contributed by atoms with E-state index in [1.165, 1.54) is 24.8 Å². The quantitative estimate of drug-likeness (QED) is 0.812. The van der Waals surface area contributed by atoms with Crippen molar-refractivity contribution in [1.82, 2.24) is 10.2 Å². The van der Waals surface area contributed by atoms with Gasteiger partial charge < -0.3 is 10.2 Å². The van der Waals surface area contributed by atoms with Crippen LogP contribution >= 0.6 is 11.3 Å². The molecule has 4 heteroatoms. The maximum absolute atomic E-state index is 11.8. The maximum Gasteiger partial charge on any atom is 0.236 e. The van der Waals surface area contributed by atoms with E-state index in [9.17, 15) is 4.79 Å². The number of amides is 1. The number of thiophene rings is 1. The third-order valence-electron chi connectivity index (χ3n) is 3.16. The van der Waals surface area contributed by atoms with Crippen LogP contribution in [-0.2, 0) is 11.2 Å². The summed E-state index contributed by atoms with van der Waals surface area (Å²) >= 11 is 1.72. The second-order valence-electron chi connectivity index (χ2n) is 4.50. The number of piperidine rings is 1. The second kappa shape index (κ2) is 6.77. The molecular weight excluding hydrogens is 232 g/mol. The van der Waals surface area contributed by atoms with Gasteiger partial charge in [-0.25, -0.2) is 0 Å². The minimum Gasteiger partial charge on any atom is -0.342 e. The Kier molecular flexibility index (Phi) is 5.01. The van der Waals surface area contributed by atoms with Crippen molar-refractivity contribution < 1.29 is 4.79 Å². The van der Waals surface area contributed by atoms with Gasteiger partial charge in [0.15, 0.2) is 0 Å². The highest BCUT2D eigenvalue weighted by molar-refractivity contribution is 7.07. The van der Waals surface area contributed by atoms with E-state index in [2.05, 4.69) is 22.1 Å². The van der Waals surface area contributed by atoms with E-state index < -0.39 is 0 Å². The van der Waals surface area contributed by atoms with Crippen LogP contribution in [0.2, 0.25) is 0 Å². The highest BCUT2D eigenvalue weighted by Crippen LogP contribution is 2.08. The third kappa shape index (κ3) is 4.13. The molecule has 2 heterocycles. The van der Waals surface area contributed by atoms with Crippen LogP contribution in [0.25, 0.3) is 0 Å².